The molecule has 3 aromatic rings. The fraction of sp³-hybridized carbons (Fsp3) is 0.257. The van der Waals surface area contributed by atoms with Gasteiger partial charge in [-0.2, -0.15) is 0 Å². The smallest absolute Gasteiger partial charge is 0.303 e. The topological polar surface area (TPSA) is 256 Å². The van der Waals surface area contributed by atoms with Crippen LogP contribution in [-0.2, 0) is 33.3 Å². The van der Waals surface area contributed by atoms with Crippen LogP contribution in [0.2, 0.25) is 5.02 Å². The number of nitrogens with one attached hydrogen (secondary N) is 2. The van der Waals surface area contributed by atoms with E-state index in [0.717, 1.165) is 17.2 Å². The van der Waals surface area contributed by atoms with E-state index in [-0.39, 0.29) is 17.4 Å². The molecule has 0 aliphatic heterocycles. The van der Waals surface area contributed by atoms with Crippen LogP contribution in [0.25, 0.3) is 16.8 Å². The second-order valence-corrected chi connectivity index (χ2v) is 15.4. The van der Waals surface area contributed by atoms with E-state index >= 15 is 0 Å². The van der Waals surface area contributed by atoms with Gasteiger partial charge >= 0.3 is 11.9 Å². The van der Waals surface area contributed by atoms with Gasteiger partial charge in [-0.1, -0.05) is 63.9 Å². The minimum Gasteiger partial charge on any atom is -0.481 e. The molecule has 0 spiro atoms. The van der Waals surface area contributed by atoms with Gasteiger partial charge in [0.15, 0.2) is 5.78 Å². The summed E-state index contributed by atoms with van der Waals surface area (Å²) in [6.45, 7) is 0. The van der Waals surface area contributed by atoms with E-state index in [1.54, 1.807) is 42.5 Å². The number of hydrogen-bond acceptors (Lipinski definition) is 8. The van der Waals surface area contributed by atoms with Crippen molar-refractivity contribution in [3.8, 4) is 11.1 Å². The van der Waals surface area contributed by atoms with Crippen LogP contribution in [0.1, 0.15) is 37.7 Å². The lowest BCUT2D eigenvalue weighted by molar-refractivity contribution is -0.139. The quantitative estimate of drug-likeness (QED) is 0.0681. The Morgan fingerprint density at radius 1 is 0.808 bits per heavy atom. The molecular weight excluding hydrogens is 783 g/mol. The van der Waals surface area contributed by atoms with Crippen LogP contribution >= 0.6 is 34.9 Å². The summed E-state index contributed by atoms with van der Waals surface area (Å²) in [5.74, 6) is -7.98. The molecule has 276 valence electrons. The first-order chi connectivity index (χ1) is 24.4. The molecule has 0 aliphatic carbocycles. The lowest BCUT2D eigenvalue weighted by Gasteiger charge is -2.25. The zero-order valence-corrected chi connectivity index (χ0v) is 30.8. The number of rotatable bonds is 19. The number of nitrogens with two attached hydrogens (primary N) is 2. The number of carboxylic acids is 2. The number of aliphatic carboxylic acids is 2. The molecule has 3 aromatic carbocycles. The molecule has 0 aromatic heterocycles. The Hall–Kier alpha value is -4.82. The predicted octanol–water partition coefficient (Wildman–Crippen LogP) is 3.42. The lowest BCUT2D eigenvalue weighted by Crippen LogP contribution is -2.54. The Morgan fingerprint density at radius 3 is 1.94 bits per heavy atom. The highest BCUT2D eigenvalue weighted by Gasteiger charge is 2.35. The molecule has 1 unspecified atom stereocenters. The van der Waals surface area contributed by atoms with E-state index in [9.17, 15) is 43.3 Å². The number of halogens is 2. The molecule has 0 radical (unpaired) electrons. The van der Waals surface area contributed by atoms with Crippen LogP contribution in [0, 0.1) is 5.92 Å². The highest BCUT2D eigenvalue weighted by Crippen LogP contribution is 2.42. The molecule has 17 heteroatoms. The van der Waals surface area contributed by atoms with Gasteiger partial charge in [-0.3, -0.25) is 33.3 Å². The maximum atomic E-state index is 13.7. The SMILES string of the molecule is NC(=O)[C@H](CCC(=O)O)NC(=O)[C@H](CCC(=O)O)NC(=O)[C@H](CC(=O)C=C(N)c1ccc(-c2cccc(Cl)c2)cc1)CP(=O)(O)c1ccc(Br)cc1. The van der Waals surface area contributed by atoms with Crippen LogP contribution in [0.5, 0.6) is 0 Å². The summed E-state index contributed by atoms with van der Waals surface area (Å²) in [5, 5.41) is 23.3. The molecule has 0 saturated carbocycles. The molecule has 14 nitrogen and oxygen atoms in total. The van der Waals surface area contributed by atoms with Gasteiger partial charge in [-0.15, -0.1) is 0 Å². The van der Waals surface area contributed by atoms with Crippen molar-refractivity contribution in [3.63, 3.8) is 0 Å². The summed E-state index contributed by atoms with van der Waals surface area (Å²) in [4.78, 5) is 85.6. The highest BCUT2D eigenvalue weighted by molar-refractivity contribution is 9.10. The van der Waals surface area contributed by atoms with Crippen LogP contribution in [-0.4, -0.2) is 68.8 Å². The van der Waals surface area contributed by atoms with E-state index in [0.29, 0.717) is 15.1 Å². The van der Waals surface area contributed by atoms with Crippen molar-refractivity contribution in [2.24, 2.45) is 17.4 Å². The summed E-state index contributed by atoms with van der Waals surface area (Å²) in [6.07, 6.45) is -2.33. The standard InChI is InChI=1S/C35H37BrClN4O10P/c36-24-8-10-27(11-9-24)52(50,51)19-23(17-26(42)18-28(38)21-6-4-20(5-7-21)22-2-1-3-25(37)16-22)34(48)41-30(13-15-32(45)46)35(49)40-29(33(39)47)12-14-31(43)44/h1-11,16,18,23,29-30H,12-15,17,19,38H2,(H2,39,47)(H,40,49)(H,41,48)(H,43,44)(H,45,46)(H,50,51)/t23-,29+,30+/m1/s1. The molecule has 0 fully saturated rings. The van der Waals surface area contributed by atoms with E-state index in [4.69, 9.17) is 28.2 Å². The number of hydrogen-bond donors (Lipinski definition) is 7. The number of amides is 3. The van der Waals surface area contributed by atoms with Gasteiger partial charge in [0.2, 0.25) is 25.1 Å². The summed E-state index contributed by atoms with van der Waals surface area (Å²) in [5.41, 5.74) is 13.7. The minimum absolute atomic E-state index is 0.0151. The predicted molar refractivity (Wildman–Crippen MR) is 197 cm³/mol. The molecule has 9 N–H and O–H groups in total. The fourth-order valence-corrected chi connectivity index (χ4v) is 7.22. The van der Waals surface area contributed by atoms with Gasteiger partial charge in [0.1, 0.15) is 12.1 Å². The number of carboxylic acid groups (broad SMARTS) is 2. The molecule has 0 saturated heterocycles. The number of carbonyl (C=O) groups is 6. The molecule has 0 bridgehead atoms. The van der Waals surface area contributed by atoms with Crippen molar-refractivity contribution in [2.45, 2.75) is 44.2 Å². The third kappa shape index (κ3) is 13.1. The van der Waals surface area contributed by atoms with Crippen molar-refractivity contribution in [1.29, 1.82) is 0 Å². The average molecular weight is 820 g/mol. The van der Waals surface area contributed by atoms with E-state index in [1.807, 2.05) is 6.07 Å². The number of benzene rings is 3. The number of allylic oxidation sites excluding steroid dienone is 1. The maximum Gasteiger partial charge on any atom is 0.303 e. The fourth-order valence-electron chi connectivity index (χ4n) is 5.05. The summed E-state index contributed by atoms with van der Waals surface area (Å²) >= 11 is 9.34. The van der Waals surface area contributed by atoms with Gasteiger partial charge in [0.05, 0.1) is 5.92 Å². The van der Waals surface area contributed by atoms with Crippen LogP contribution in [0.4, 0.5) is 0 Å². The molecular formula is C35H37BrClN4O10P. The van der Waals surface area contributed by atoms with Crippen molar-refractivity contribution < 1.29 is 48.4 Å². The third-order valence-electron chi connectivity index (χ3n) is 7.80. The Balaban J connectivity index is 1.89. The molecule has 52 heavy (non-hydrogen) atoms. The van der Waals surface area contributed by atoms with Gasteiger partial charge in [0.25, 0.3) is 0 Å². The number of ketones is 1. The minimum atomic E-state index is -4.32. The second-order valence-electron chi connectivity index (χ2n) is 11.8. The van der Waals surface area contributed by atoms with Crippen molar-refractivity contribution in [1.82, 2.24) is 10.6 Å². The number of primary amides is 1. The molecule has 3 amide bonds. The van der Waals surface area contributed by atoms with E-state index < -0.39 is 92.7 Å². The average Bonchev–Trinajstić information content (AvgIpc) is 3.07. The lowest BCUT2D eigenvalue weighted by atomic mass is 9.99. The van der Waals surface area contributed by atoms with E-state index in [2.05, 4.69) is 26.6 Å². The Kier molecular flexibility index (Phi) is 15.3. The van der Waals surface area contributed by atoms with Crippen LogP contribution in [0.3, 0.4) is 0 Å². The first-order valence-corrected chi connectivity index (χ1v) is 18.7. The summed E-state index contributed by atoms with van der Waals surface area (Å²) < 4.78 is 14.2. The highest BCUT2D eigenvalue weighted by atomic mass is 79.9. The van der Waals surface area contributed by atoms with Crippen molar-refractivity contribution in [2.75, 3.05) is 6.16 Å². The zero-order chi connectivity index (χ0) is 38.6. The Morgan fingerprint density at radius 2 is 1.38 bits per heavy atom. The first kappa shape index (κ1) is 41.6. The molecule has 4 atom stereocenters. The second kappa shape index (κ2) is 19.1. The van der Waals surface area contributed by atoms with Gasteiger partial charge < -0.3 is 37.2 Å². The maximum absolute atomic E-state index is 13.7. The third-order valence-corrected chi connectivity index (χ3v) is 10.6. The van der Waals surface area contributed by atoms with Crippen molar-refractivity contribution in [3.05, 3.63) is 93.9 Å². The van der Waals surface area contributed by atoms with Gasteiger partial charge in [-0.05, 0) is 65.9 Å². The van der Waals surface area contributed by atoms with E-state index in [1.165, 1.54) is 24.3 Å². The van der Waals surface area contributed by atoms with Crippen molar-refractivity contribution >= 4 is 81.3 Å². The molecule has 3 rings (SSSR count). The van der Waals surface area contributed by atoms with Gasteiger partial charge in [0, 0.05) is 52.0 Å². The summed E-state index contributed by atoms with van der Waals surface area (Å²) in [6, 6.07) is 16.8. The Bertz CT molecular complexity index is 1890. The summed E-state index contributed by atoms with van der Waals surface area (Å²) in [7, 11) is -4.32. The Labute approximate surface area is 312 Å². The normalized spacial score (nSPS) is 14.2. The molecule has 0 heterocycles. The van der Waals surface area contributed by atoms with Gasteiger partial charge in [-0.25, -0.2) is 0 Å². The zero-order valence-electron chi connectivity index (χ0n) is 27.5. The monoisotopic (exact) mass is 818 g/mol. The van der Waals surface area contributed by atoms with Crippen LogP contribution < -0.4 is 27.4 Å². The first-order valence-electron chi connectivity index (χ1n) is 15.7. The largest absolute Gasteiger partial charge is 0.481 e. The van der Waals surface area contributed by atoms with Crippen LogP contribution in [0.15, 0.2) is 83.3 Å². The molecule has 0 aliphatic rings. The number of carbonyl (C=O) groups excluding carboxylic acids is 4.